The lowest BCUT2D eigenvalue weighted by Gasteiger charge is -2.31. The maximum atomic E-state index is 12.2. The van der Waals surface area contributed by atoms with Crippen molar-refractivity contribution in [3.05, 3.63) is 60.6 Å². The topological polar surface area (TPSA) is 47.1 Å². The molecule has 2 heterocycles. The summed E-state index contributed by atoms with van der Waals surface area (Å²) in [6.07, 6.45) is 4.90. The normalized spacial score (nSPS) is 15.8. The average Bonchev–Trinajstić information content (AvgIpc) is 3.15. The van der Waals surface area contributed by atoms with Crippen LogP contribution in [0.1, 0.15) is 5.76 Å². The van der Waals surface area contributed by atoms with E-state index < -0.39 is 0 Å². The van der Waals surface area contributed by atoms with Gasteiger partial charge < -0.3 is 19.0 Å². The van der Waals surface area contributed by atoms with Gasteiger partial charge in [-0.25, -0.2) is 0 Å². The quantitative estimate of drug-likeness (QED) is 0.808. The number of ether oxygens (including phenoxy) is 1. The van der Waals surface area contributed by atoms with Crippen LogP contribution in [0.4, 0.5) is 0 Å². The molecule has 1 aromatic heterocycles. The standard InChI is InChI=1S/C19H22N2O3/c22-19(9-8-18-7-4-15-23-18)21-12-10-20(11-13-21)14-16-24-17-5-2-1-3-6-17/h1-9,15H,10-14,16H2/p+1/b9-8+. The minimum atomic E-state index is 0.0472. The second-order valence-electron chi connectivity index (χ2n) is 5.84. The number of para-hydroxylation sites is 1. The molecule has 5 heteroatoms. The van der Waals surface area contributed by atoms with E-state index in [1.165, 1.54) is 4.90 Å². The van der Waals surface area contributed by atoms with Crippen LogP contribution >= 0.6 is 0 Å². The summed E-state index contributed by atoms with van der Waals surface area (Å²) in [6, 6.07) is 13.5. The number of carbonyl (C=O) groups excluding carboxylic acids is 1. The fraction of sp³-hybridized carbons (Fsp3) is 0.316. The second-order valence-corrected chi connectivity index (χ2v) is 5.84. The third-order valence-corrected chi connectivity index (χ3v) is 4.18. The predicted molar refractivity (Wildman–Crippen MR) is 91.8 cm³/mol. The number of hydrogen-bond acceptors (Lipinski definition) is 3. The van der Waals surface area contributed by atoms with E-state index in [9.17, 15) is 4.79 Å². The van der Waals surface area contributed by atoms with Crippen LogP contribution in [-0.2, 0) is 4.79 Å². The molecule has 126 valence electrons. The van der Waals surface area contributed by atoms with Crippen LogP contribution in [0.2, 0.25) is 0 Å². The zero-order chi connectivity index (χ0) is 16.6. The monoisotopic (exact) mass is 327 g/mol. The van der Waals surface area contributed by atoms with Crippen LogP contribution in [0.15, 0.2) is 59.2 Å². The smallest absolute Gasteiger partial charge is 0.247 e. The molecule has 0 spiro atoms. The molecule has 5 nitrogen and oxygen atoms in total. The number of benzene rings is 1. The Morgan fingerprint density at radius 2 is 1.96 bits per heavy atom. The molecule has 0 radical (unpaired) electrons. The first-order chi connectivity index (χ1) is 11.8. The van der Waals surface area contributed by atoms with Crippen molar-refractivity contribution >= 4 is 12.0 Å². The van der Waals surface area contributed by atoms with Gasteiger partial charge in [0.1, 0.15) is 24.7 Å². The first-order valence-corrected chi connectivity index (χ1v) is 8.33. The number of nitrogens with one attached hydrogen (secondary N) is 1. The van der Waals surface area contributed by atoms with Crippen molar-refractivity contribution < 1.29 is 18.8 Å². The van der Waals surface area contributed by atoms with E-state index in [1.807, 2.05) is 47.4 Å². The second kappa shape index (κ2) is 8.36. The van der Waals surface area contributed by atoms with Crippen LogP contribution in [0.25, 0.3) is 6.08 Å². The summed E-state index contributed by atoms with van der Waals surface area (Å²) in [5.41, 5.74) is 0. The number of amides is 1. The van der Waals surface area contributed by atoms with Crippen molar-refractivity contribution in [3.63, 3.8) is 0 Å². The van der Waals surface area contributed by atoms with E-state index in [-0.39, 0.29) is 5.91 Å². The molecule has 2 aromatic rings. The maximum absolute atomic E-state index is 12.2. The molecule has 1 aliphatic heterocycles. The summed E-state index contributed by atoms with van der Waals surface area (Å²) in [5.74, 6) is 1.66. The summed E-state index contributed by atoms with van der Waals surface area (Å²) in [6.45, 7) is 5.13. The zero-order valence-electron chi connectivity index (χ0n) is 13.7. The Labute approximate surface area is 142 Å². The highest BCUT2D eigenvalue weighted by Crippen LogP contribution is 2.07. The Bertz CT molecular complexity index is 645. The van der Waals surface area contributed by atoms with Crippen molar-refractivity contribution in [2.24, 2.45) is 0 Å². The number of hydrogen-bond donors (Lipinski definition) is 1. The molecule has 1 N–H and O–H groups in total. The highest BCUT2D eigenvalue weighted by atomic mass is 16.5. The predicted octanol–water partition coefficient (Wildman–Crippen LogP) is 1.10. The van der Waals surface area contributed by atoms with Crippen molar-refractivity contribution in [1.29, 1.82) is 0 Å². The minimum Gasteiger partial charge on any atom is -0.488 e. The fourth-order valence-corrected chi connectivity index (χ4v) is 2.77. The summed E-state index contributed by atoms with van der Waals surface area (Å²) < 4.78 is 10.9. The Morgan fingerprint density at radius 3 is 2.67 bits per heavy atom. The molecule has 0 aliphatic carbocycles. The molecule has 1 saturated heterocycles. The van der Waals surface area contributed by atoms with E-state index in [0.717, 1.165) is 38.5 Å². The first kappa shape index (κ1) is 16.3. The van der Waals surface area contributed by atoms with Gasteiger partial charge in [0.2, 0.25) is 5.91 Å². The Hall–Kier alpha value is -2.53. The molecule has 0 atom stereocenters. The third kappa shape index (κ3) is 4.73. The molecule has 0 bridgehead atoms. The van der Waals surface area contributed by atoms with Crippen LogP contribution in [-0.4, -0.2) is 50.1 Å². The summed E-state index contributed by atoms with van der Waals surface area (Å²) in [7, 11) is 0. The highest BCUT2D eigenvalue weighted by molar-refractivity contribution is 5.91. The number of rotatable bonds is 6. The van der Waals surface area contributed by atoms with E-state index in [0.29, 0.717) is 12.4 Å². The molecule has 1 aromatic carbocycles. The molecule has 1 aliphatic rings. The van der Waals surface area contributed by atoms with Crippen LogP contribution in [0.5, 0.6) is 5.75 Å². The van der Waals surface area contributed by atoms with Crippen LogP contribution in [0, 0.1) is 0 Å². The molecule has 1 fully saturated rings. The van der Waals surface area contributed by atoms with Crippen LogP contribution in [0.3, 0.4) is 0 Å². The van der Waals surface area contributed by atoms with Gasteiger partial charge in [0.05, 0.1) is 32.4 Å². The average molecular weight is 327 g/mol. The fourth-order valence-electron chi connectivity index (χ4n) is 2.77. The molecule has 0 unspecified atom stereocenters. The largest absolute Gasteiger partial charge is 0.488 e. The van der Waals surface area contributed by atoms with Crippen molar-refractivity contribution in [2.75, 3.05) is 39.3 Å². The van der Waals surface area contributed by atoms with Crippen molar-refractivity contribution in [2.45, 2.75) is 0 Å². The summed E-state index contributed by atoms with van der Waals surface area (Å²) in [5, 5.41) is 0. The van der Waals surface area contributed by atoms with Gasteiger partial charge >= 0.3 is 0 Å². The van der Waals surface area contributed by atoms with Gasteiger partial charge in [-0.3, -0.25) is 4.79 Å². The Morgan fingerprint density at radius 1 is 1.17 bits per heavy atom. The van der Waals surface area contributed by atoms with Gasteiger partial charge in [-0.1, -0.05) is 18.2 Å². The highest BCUT2D eigenvalue weighted by Gasteiger charge is 2.22. The van der Waals surface area contributed by atoms with Gasteiger partial charge in [-0.05, 0) is 30.3 Å². The van der Waals surface area contributed by atoms with Gasteiger partial charge in [0.15, 0.2) is 0 Å². The molecule has 1 amide bonds. The molecular formula is C19H23N2O3+. The number of nitrogens with zero attached hydrogens (tertiary/aromatic N) is 1. The lowest BCUT2D eigenvalue weighted by molar-refractivity contribution is -0.904. The lowest BCUT2D eigenvalue weighted by atomic mass is 10.3. The van der Waals surface area contributed by atoms with E-state index in [4.69, 9.17) is 9.15 Å². The zero-order valence-corrected chi connectivity index (χ0v) is 13.7. The molecule has 24 heavy (non-hydrogen) atoms. The number of furan rings is 1. The van der Waals surface area contributed by atoms with E-state index in [2.05, 4.69) is 0 Å². The Balaban J connectivity index is 1.37. The molecule has 0 saturated carbocycles. The van der Waals surface area contributed by atoms with E-state index >= 15 is 0 Å². The number of quaternary nitrogens is 1. The van der Waals surface area contributed by atoms with E-state index in [1.54, 1.807) is 18.4 Å². The van der Waals surface area contributed by atoms with Crippen LogP contribution < -0.4 is 9.64 Å². The number of carbonyl (C=O) groups is 1. The van der Waals surface area contributed by atoms with Gasteiger partial charge in [-0.2, -0.15) is 0 Å². The van der Waals surface area contributed by atoms with Gasteiger partial charge in [0.25, 0.3) is 0 Å². The SMILES string of the molecule is O=C(/C=C/c1ccco1)N1CC[NH+](CCOc2ccccc2)CC1. The summed E-state index contributed by atoms with van der Waals surface area (Å²) >= 11 is 0. The maximum Gasteiger partial charge on any atom is 0.247 e. The van der Waals surface area contributed by atoms with Crippen molar-refractivity contribution in [3.8, 4) is 5.75 Å². The van der Waals surface area contributed by atoms with Crippen molar-refractivity contribution in [1.82, 2.24) is 4.90 Å². The molecular weight excluding hydrogens is 304 g/mol. The summed E-state index contributed by atoms with van der Waals surface area (Å²) in [4.78, 5) is 15.5. The van der Waals surface area contributed by atoms with Gasteiger partial charge in [0, 0.05) is 6.08 Å². The lowest BCUT2D eigenvalue weighted by Crippen LogP contribution is -3.15. The number of piperazine rings is 1. The van der Waals surface area contributed by atoms with Gasteiger partial charge in [-0.15, -0.1) is 0 Å². The third-order valence-electron chi connectivity index (χ3n) is 4.18. The minimum absolute atomic E-state index is 0.0472. The Kier molecular flexibility index (Phi) is 5.69. The molecule has 3 rings (SSSR count). The first-order valence-electron chi connectivity index (χ1n) is 8.33.